The number of aromatic amines is 1. The maximum absolute atomic E-state index is 6.86. The average molecular weight is 859 g/mol. The zero-order valence-corrected chi connectivity index (χ0v) is 37.6. The van der Waals surface area contributed by atoms with Crippen molar-refractivity contribution >= 4 is 44.1 Å². The Kier molecular flexibility index (Phi) is 13.3. The second-order valence-electron chi connectivity index (χ2n) is 16.5. The molecule has 2 aliphatic rings. The van der Waals surface area contributed by atoms with Crippen molar-refractivity contribution in [2.24, 2.45) is 0 Å². The molecule has 4 aromatic carbocycles. The van der Waals surface area contributed by atoms with E-state index in [9.17, 15) is 0 Å². The van der Waals surface area contributed by atoms with Gasteiger partial charge in [-0.3, -0.25) is 0 Å². The number of aromatic nitrogens is 8. The van der Waals surface area contributed by atoms with E-state index >= 15 is 0 Å². The van der Waals surface area contributed by atoms with E-state index in [0.29, 0.717) is 89.6 Å². The van der Waals surface area contributed by atoms with Crippen LogP contribution in [0, 0.1) is 0 Å². The highest BCUT2D eigenvalue weighted by Crippen LogP contribution is 2.47. The molecule has 3 aromatic heterocycles. The summed E-state index contributed by atoms with van der Waals surface area (Å²) in [5.41, 5.74) is 5.73. The van der Waals surface area contributed by atoms with Crippen molar-refractivity contribution < 1.29 is 19.0 Å². The van der Waals surface area contributed by atoms with E-state index in [1.807, 2.05) is 66.7 Å². The lowest BCUT2D eigenvalue weighted by Gasteiger charge is -2.18. The van der Waals surface area contributed by atoms with Crippen LogP contribution < -0.4 is 19.0 Å². The number of hydrogen-bond acceptors (Lipinski definition) is 10. The highest BCUT2D eigenvalue weighted by molar-refractivity contribution is 6.11. The number of H-pyrrole nitrogens is 1. The van der Waals surface area contributed by atoms with E-state index in [2.05, 4.69) is 44.8 Å². The van der Waals surface area contributed by atoms with Gasteiger partial charge in [0.1, 0.15) is 17.9 Å². The predicted octanol–water partition coefficient (Wildman–Crippen LogP) is 12.7. The van der Waals surface area contributed by atoms with Gasteiger partial charge < -0.3 is 24.0 Å². The number of nitrogens with one attached hydrogen (secondary N) is 1. The van der Waals surface area contributed by atoms with E-state index < -0.39 is 0 Å². The van der Waals surface area contributed by atoms with E-state index in [1.165, 1.54) is 0 Å². The van der Waals surface area contributed by atoms with Crippen LogP contribution in [0.4, 0.5) is 0 Å². The number of nitrogens with zero attached hydrogens (tertiary/aromatic N) is 7. The molecule has 0 unspecified atom stereocenters. The van der Waals surface area contributed by atoms with Gasteiger partial charge in [-0.25, -0.2) is 29.9 Å². The van der Waals surface area contributed by atoms with Gasteiger partial charge in [0.15, 0.2) is 46.1 Å². The molecule has 0 aliphatic carbocycles. The van der Waals surface area contributed by atoms with Crippen LogP contribution in [0.3, 0.4) is 0 Å². The maximum atomic E-state index is 6.86. The molecule has 330 valence electrons. The Morgan fingerprint density at radius 3 is 1.39 bits per heavy atom. The van der Waals surface area contributed by atoms with Crippen molar-refractivity contribution in [3.05, 3.63) is 78.9 Å². The fourth-order valence-corrected chi connectivity index (χ4v) is 8.40. The van der Waals surface area contributed by atoms with Crippen molar-refractivity contribution in [2.75, 3.05) is 26.4 Å². The van der Waals surface area contributed by atoms with Crippen LogP contribution in [0.1, 0.15) is 105 Å². The van der Waals surface area contributed by atoms with Crippen molar-refractivity contribution in [3.8, 4) is 62.8 Å². The van der Waals surface area contributed by atoms with E-state index in [4.69, 9.17) is 49.0 Å². The number of fused-ring (bicyclic) bond motifs is 20. The molecule has 12 heteroatoms. The summed E-state index contributed by atoms with van der Waals surface area (Å²) in [5.74, 6) is 3.86. The molecule has 9 rings (SSSR count). The normalized spacial score (nSPS) is 11.8. The molecule has 5 heterocycles. The molecular formula is C52H58N8O4. The van der Waals surface area contributed by atoms with E-state index in [1.54, 1.807) is 4.73 Å². The minimum Gasteiger partial charge on any atom is -0.490 e. The molecule has 0 radical (unpaired) electrons. The molecule has 12 nitrogen and oxygen atoms in total. The zero-order valence-electron chi connectivity index (χ0n) is 37.6. The van der Waals surface area contributed by atoms with Crippen LogP contribution in [0.2, 0.25) is 0 Å². The first-order valence-electron chi connectivity index (χ1n) is 23.5. The Balaban J connectivity index is 1.40. The molecule has 2 aliphatic heterocycles. The monoisotopic (exact) mass is 858 g/mol. The van der Waals surface area contributed by atoms with Gasteiger partial charge in [0.05, 0.1) is 25.2 Å². The largest absolute Gasteiger partial charge is 0.490 e. The Hall–Kier alpha value is -6.56. The summed E-state index contributed by atoms with van der Waals surface area (Å²) in [6.07, 6.45) is 12.1. The third-order valence-electron chi connectivity index (χ3n) is 11.8. The van der Waals surface area contributed by atoms with Crippen LogP contribution in [0.25, 0.3) is 89.7 Å². The number of benzene rings is 4. The summed E-state index contributed by atoms with van der Waals surface area (Å²) in [7, 11) is 0. The Labute approximate surface area is 374 Å². The van der Waals surface area contributed by atoms with Crippen LogP contribution in [-0.4, -0.2) is 66.0 Å². The zero-order chi connectivity index (χ0) is 43.8. The van der Waals surface area contributed by atoms with E-state index in [-0.39, 0.29) is 0 Å². The van der Waals surface area contributed by atoms with Gasteiger partial charge >= 0.3 is 0 Å². The molecule has 8 bridgehead atoms. The average Bonchev–Trinajstić information content (AvgIpc) is 4.04. The summed E-state index contributed by atoms with van der Waals surface area (Å²) in [6.45, 7) is 10.8. The van der Waals surface area contributed by atoms with Crippen molar-refractivity contribution in [3.63, 3.8) is 0 Å². The highest BCUT2D eigenvalue weighted by atomic mass is 16.7. The van der Waals surface area contributed by atoms with Crippen LogP contribution in [-0.2, 0) is 0 Å². The van der Waals surface area contributed by atoms with E-state index in [0.717, 1.165) is 121 Å². The summed E-state index contributed by atoms with van der Waals surface area (Å²) < 4.78 is 22.0. The van der Waals surface area contributed by atoms with Gasteiger partial charge in [0.25, 0.3) is 0 Å². The number of rotatable bonds is 20. The number of unbranched alkanes of at least 4 members (excludes halogenated alkanes) is 8. The SMILES string of the molecule is CCCCCOc1cc2c3nc4nc(nc5c6ccccc6c(nc6nc(nc([nH]3)c2c(OCCCCC)c1OCCCCC)-c1ccccc1-6)n5OCCCCC)-c1ccccc1-4. The Bertz CT molecular complexity index is 2940. The third-order valence-corrected chi connectivity index (χ3v) is 11.8. The topological polar surface area (TPSA) is 135 Å². The predicted molar refractivity (Wildman–Crippen MR) is 256 cm³/mol. The van der Waals surface area contributed by atoms with Crippen LogP contribution >= 0.6 is 0 Å². The quantitative estimate of drug-likeness (QED) is 0.0738. The molecule has 1 N–H and O–H groups in total. The minimum absolute atomic E-state index is 0.490. The first kappa shape index (κ1) is 42.7. The molecule has 0 fully saturated rings. The fourth-order valence-electron chi connectivity index (χ4n) is 8.40. The summed E-state index contributed by atoms with van der Waals surface area (Å²) in [5, 5.41) is 3.28. The molecule has 64 heavy (non-hydrogen) atoms. The van der Waals surface area contributed by atoms with Crippen LogP contribution in [0.15, 0.2) is 78.9 Å². The lowest BCUT2D eigenvalue weighted by Crippen LogP contribution is -2.13. The van der Waals surface area contributed by atoms with Gasteiger partial charge in [-0.15, -0.1) is 4.73 Å². The molecule has 0 atom stereocenters. The molecule has 0 amide bonds. The molecule has 0 saturated heterocycles. The van der Waals surface area contributed by atoms with Gasteiger partial charge in [-0.2, -0.15) is 0 Å². The van der Waals surface area contributed by atoms with Gasteiger partial charge in [0, 0.05) is 38.4 Å². The minimum atomic E-state index is 0.490. The van der Waals surface area contributed by atoms with Crippen molar-refractivity contribution in [1.82, 2.24) is 39.6 Å². The summed E-state index contributed by atoms with van der Waals surface area (Å²) >= 11 is 0. The number of hydrogen-bond donors (Lipinski definition) is 1. The van der Waals surface area contributed by atoms with Crippen molar-refractivity contribution in [2.45, 2.75) is 105 Å². The molecule has 0 saturated carbocycles. The summed E-state index contributed by atoms with van der Waals surface area (Å²) in [6, 6.07) is 26.3. The molecular weight excluding hydrogens is 801 g/mol. The lowest BCUT2D eigenvalue weighted by atomic mass is 10.1. The second-order valence-corrected chi connectivity index (χ2v) is 16.5. The highest BCUT2D eigenvalue weighted by Gasteiger charge is 2.27. The van der Waals surface area contributed by atoms with Crippen LogP contribution in [0.5, 0.6) is 17.2 Å². The smallest absolute Gasteiger partial charge is 0.204 e. The van der Waals surface area contributed by atoms with Crippen molar-refractivity contribution in [1.29, 1.82) is 0 Å². The molecule has 7 aromatic rings. The standard InChI is InChI=1S/C52H58N8O4/c1-5-9-19-29-61-41-33-40-42(44(63-31-21-11-7-3)43(41)62-30-20-10-6-2)50-56-46-35-24-14-16-26-37(35)48(54-46)59-52-39-28-18-17-27-38(39)51(60(52)64-32-22-12-8-4)58-47-36-25-15-13-23-34(36)45(53-47)55-49(40)57-50/h13-18,23-28,33H,5-12,19-22,29-32H2,1-4H3,(H,53,54,55,56,57,58,59). The Morgan fingerprint density at radius 2 is 0.875 bits per heavy atom. The number of ether oxygens (including phenoxy) is 3. The first-order valence-corrected chi connectivity index (χ1v) is 23.5. The van der Waals surface area contributed by atoms with Gasteiger partial charge in [-0.1, -0.05) is 152 Å². The van der Waals surface area contributed by atoms with Gasteiger partial charge in [0.2, 0.25) is 5.75 Å². The fraction of sp³-hybridized carbons (Fsp3) is 0.385. The maximum Gasteiger partial charge on any atom is 0.204 e. The second kappa shape index (κ2) is 19.9. The third kappa shape index (κ3) is 8.57. The van der Waals surface area contributed by atoms with Gasteiger partial charge in [-0.05, 0) is 31.7 Å². The Morgan fingerprint density at radius 1 is 0.438 bits per heavy atom. The first-order chi connectivity index (χ1) is 31.6. The lowest BCUT2D eigenvalue weighted by molar-refractivity contribution is 0.123. The summed E-state index contributed by atoms with van der Waals surface area (Å²) in [4.78, 5) is 42.0. The molecule has 0 spiro atoms.